The van der Waals surface area contributed by atoms with Gasteiger partial charge < -0.3 is 53.7 Å². The van der Waals surface area contributed by atoms with Crippen LogP contribution < -0.4 is 38.5 Å². The molecule has 17 nitrogen and oxygen atoms in total. The Hall–Kier alpha value is -4.25. The predicted molar refractivity (Wildman–Crippen MR) is 143 cm³/mol. The van der Waals surface area contributed by atoms with Gasteiger partial charge in [-0.15, -0.1) is 0 Å². The van der Waals surface area contributed by atoms with Crippen LogP contribution in [0, 0.1) is 5.41 Å². The van der Waals surface area contributed by atoms with Gasteiger partial charge >= 0.3 is 11.9 Å². The number of carboxylic acids is 2. The number of carboxylic acid groups (broad SMARTS) is 2. The van der Waals surface area contributed by atoms with Gasteiger partial charge in [0.15, 0.2) is 5.96 Å². The van der Waals surface area contributed by atoms with Crippen molar-refractivity contribution in [2.24, 2.45) is 17.2 Å². The minimum Gasteiger partial charge on any atom is -0.481 e. The monoisotopic (exact) mass is 568 g/mol. The molecule has 14 N–H and O–H groups in total. The van der Waals surface area contributed by atoms with Gasteiger partial charge in [-0.3, -0.25) is 24.6 Å². The number of carbonyl (C=O) groups excluding carboxylic acids is 3. The molecule has 0 bridgehead atoms. The van der Waals surface area contributed by atoms with Crippen LogP contribution in [-0.4, -0.2) is 93.1 Å². The van der Waals surface area contributed by atoms with Crippen molar-refractivity contribution in [2.75, 3.05) is 13.1 Å². The van der Waals surface area contributed by atoms with E-state index in [0.29, 0.717) is 31.5 Å². The molecular weight excluding hydrogens is 528 g/mol. The maximum absolute atomic E-state index is 13.3. The van der Waals surface area contributed by atoms with Crippen LogP contribution in [0.1, 0.15) is 50.6 Å². The molecule has 0 radical (unpaired) electrons. The van der Waals surface area contributed by atoms with Crippen molar-refractivity contribution >= 4 is 35.6 Å². The fourth-order valence-electron chi connectivity index (χ4n) is 3.63. The Labute approximate surface area is 230 Å². The fourth-order valence-corrected chi connectivity index (χ4v) is 3.63. The van der Waals surface area contributed by atoms with E-state index >= 15 is 0 Å². The zero-order chi connectivity index (χ0) is 30.1. The number of aromatic nitrogens is 2. The van der Waals surface area contributed by atoms with Crippen molar-refractivity contribution in [3.63, 3.8) is 0 Å². The minimum atomic E-state index is -1.48. The molecule has 0 aliphatic carbocycles. The number of nitrogens with zero attached hydrogens (tertiary/aromatic N) is 1. The number of unbranched alkanes of at least 4 members (excludes halogenated alkanes) is 1. The van der Waals surface area contributed by atoms with E-state index in [1.807, 2.05) is 0 Å². The number of rotatable bonds is 20. The van der Waals surface area contributed by atoms with Crippen LogP contribution in [0.15, 0.2) is 12.5 Å². The summed E-state index contributed by atoms with van der Waals surface area (Å²) < 4.78 is 0. The summed E-state index contributed by atoms with van der Waals surface area (Å²) in [5.74, 6) is -5.08. The van der Waals surface area contributed by atoms with Gasteiger partial charge in [-0.1, -0.05) is 0 Å². The predicted octanol–water partition coefficient (Wildman–Crippen LogP) is -2.92. The largest absolute Gasteiger partial charge is 0.481 e. The number of nitrogens with two attached hydrogens (primary N) is 3. The van der Waals surface area contributed by atoms with E-state index in [-0.39, 0.29) is 38.2 Å². The molecule has 0 saturated heterocycles. The molecule has 1 aromatic heterocycles. The van der Waals surface area contributed by atoms with E-state index in [0.717, 1.165) is 0 Å². The molecule has 40 heavy (non-hydrogen) atoms. The average Bonchev–Trinajstić information content (AvgIpc) is 3.39. The molecule has 0 aliphatic rings. The van der Waals surface area contributed by atoms with Gasteiger partial charge in [-0.25, -0.2) is 9.78 Å². The molecule has 224 valence electrons. The first kappa shape index (κ1) is 33.8. The summed E-state index contributed by atoms with van der Waals surface area (Å²) in [6.07, 6.45) is 3.76. The minimum absolute atomic E-state index is 0.0977. The quantitative estimate of drug-likeness (QED) is 0.0428. The molecule has 0 aliphatic heterocycles. The second kappa shape index (κ2) is 18.1. The number of hydrogen-bond donors (Lipinski definition) is 11. The second-order valence-corrected chi connectivity index (χ2v) is 9.09. The van der Waals surface area contributed by atoms with E-state index in [4.69, 9.17) is 27.7 Å². The Kier molecular flexibility index (Phi) is 15.3. The smallest absolute Gasteiger partial charge is 0.326 e. The highest BCUT2D eigenvalue weighted by atomic mass is 16.4. The Balaban J connectivity index is 3.00. The maximum atomic E-state index is 13.3. The van der Waals surface area contributed by atoms with Crippen molar-refractivity contribution in [3.8, 4) is 0 Å². The lowest BCUT2D eigenvalue weighted by atomic mass is 10.0. The van der Waals surface area contributed by atoms with Crippen LogP contribution >= 0.6 is 0 Å². The highest BCUT2D eigenvalue weighted by Gasteiger charge is 2.30. The standard InChI is InChI=1S/C23H40N10O7/c24-8-2-1-4-15(21(38)33-17(22(39)40)6-7-18(34)35)32-20(37)16(5-3-9-29-23(26)27)31-19(36)14(25)10-13-11-28-12-30-13/h11-12,14-17H,1-10,24-25H2,(H,28,30)(H,31,36)(H,32,37)(H,33,38)(H,34,35)(H,39,40)(H4,26,27,29)/t14-,15-,16-,17-/m0/s1. The third-order valence-corrected chi connectivity index (χ3v) is 5.78. The lowest BCUT2D eigenvalue weighted by Crippen LogP contribution is -2.57. The van der Waals surface area contributed by atoms with Crippen LogP contribution in [0.3, 0.4) is 0 Å². The summed E-state index contributed by atoms with van der Waals surface area (Å²) in [6, 6.07) is -4.81. The van der Waals surface area contributed by atoms with E-state index < -0.39 is 60.2 Å². The summed E-state index contributed by atoms with van der Waals surface area (Å²) in [6.45, 7) is 0.562. The lowest BCUT2D eigenvalue weighted by Gasteiger charge is -2.25. The number of nitrogens with one attached hydrogen (secondary N) is 6. The number of carbonyl (C=O) groups is 5. The second-order valence-electron chi connectivity index (χ2n) is 9.09. The Morgan fingerprint density at radius 2 is 1.52 bits per heavy atom. The summed E-state index contributed by atoms with van der Waals surface area (Å²) >= 11 is 0. The molecule has 0 saturated carbocycles. The molecule has 0 spiro atoms. The number of imidazole rings is 1. The fraction of sp³-hybridized carbons (Fsp3) is 0.609. The summed E-state index contributed by atoms with van der Waals surface area (Å²) in [5.41, 5.74) is 17.3. The summed E-state index contributed by atoms with van der Waals surface area (Å²) in [7, 11) is 0. The highest BCUT2D eigenvalue weighted by Crippen LogP contribution is 2.07. The first-order valence-electron chi connectivity index (χ1n) is 12.8. The maximum Gasteiger partial charge on any atom is 0.326 e. The number of aliphatic carboxylic acids is 2. The van der Waals surface area contributed by atoms with E-state index in [1.54, 1.807) is 6.20 Å². The molecule has 0 unspecified atom stereocenters. The zero-order valence-corrected chi connectivity index (χ0v) is 22.2. The third kappa shape index (κ3) is 13.5. The Morgan fingerprint density at radius 1 is 0.925 bits per heavy atom. The van der Waals surface area contributed by atoms with Crippen molar-refractivity contribution in [2.45, 2.75) is 75.5 Å². The molecule has 3 amide bonds. The van der Waals surface area contributed by atoms with E-state index in [1.165, 1.54) is 6.33 Å². The van der Waals surface area contributed by atoms with E-state index in [2.05, 4.69) is 31.2 Å². The van der Waals surface area contributed by atoms with Crippen molar-refractivity contribution < 1.29 is 34.2 Å². The van der Waals surface area contributed by atoms with Crippen LogP contribution in [0.5, 0.6) is 0 Å². The van der Waals surface area contributed by atoms with Crippen molar-refractivity contribution in [1.82, 2.24) is 31.2 Å². The highest BCUT2D eigenvalue weighted by molar-refractivity contribution is 5.94. The molecule has 1 rings (SSSR count). The first-order chi connectivity index (χ1) is 18.9. The van der Waals surface area contributed by atoms with Crippen molar-refractivity contribution in [3.05, 3.63) is 18.2 Å². The summed E-state index contributed by atoms with van der Waals surface area (Å²) in [5, 5.41) is 35.5. The Bertz CT molecular complexity index is 989. The van der Waals surface area contributed by atoms with Gasteiger partial charge in [0.05, 0.1) is 18.1 Å². The third-order valence-electron chi connectivity index (χ3n) is 5.78. The first-order valence-corrected chi connectivity index (χ1v) is 12.8. The number of H-pyrrole nitrogens is 1. The Morgan fingerprint density at radius 3 is 2.05 bits per heavy atom. The molecular formula is C23H40N10O7. The normalized spacial score (nSPS) is 13.8. The van der Waals surface area contributed by atoms with Gasteiger partial charge in [-0.2, -0.15) is 0 Å². The lowest BCUT2D eigenvalue weighted by molar-refractivity contribution is -0.143. The van der Waals surface area contributed by atoms with Crippen LogP contribution in [0.4, 0.5) is 0 Å². The average molecular weight is 569 g/mol. The summed E-state index contributed by atoms with van der Waals surface area (Å²) in [4.78, 5) is 68.2. The molecule has 4 atom stereocenters. The van der Waals surface area contributed by atoms with Crippen LogP contribution in [-0.2, 0) is 30.4 Å². The van der Waals surface area contributed by atoms with Gasteiger partial charge in [-0.05, 0) is 45.1 Å². The van der Waals surface area contributed by atoms with Gasteiger partial charge in [0.2, 0.25) is 17.7 Å². The van der Waals surface area contributed by atoms with Gasteiger partial charge in [0.1, 0.15) is 18.1 Å². The molecule has 0 aromatic carbocycles. The SMILES string of the molecule is N=C(N)NCCC[C@H](NC(=O)[C@@H](N)Cc1c[nH]cn1)C(=O)N[C@@H](CCCCN)C(=O)N[C@@H](CCC(=O)O)C(=O)O. The number of guanidine groups is 1. The van der Waals surface area contributed by atoms with Gasteiger partial charge in [0.25, 0.3) is 0 Å². The van der Waals surface area contributed by atoms with Crippen LogP contribution in [0.2, 0.25) is 0 Å². The van der Waals surface area contributed by atoms with Crippen molar-refractivity contribution in [1.29, 1.82) is 5.41 Å². The number of amides is 3. The number of aromatic amines is 1. The van der Waals surface area contributed by atoms with E-state index in [9.17, 15) is 29.1 Å². The van der Waals surface area contributed by atoms with Crippen LogP contribution in [0.25, 0.3) is 0 Å². The number of hydrogen-bond acceptors (Lipinski definition) is 9. The van der Waals surface area contributed by atoms with Gasteiger partial charge in [0, 0.05) is 25.6 Å². The topological polar surface area (TPSA) is 305 Å². The zero-order valence-electron chi connectivity index (χ0n) is 22.2. The molecule has 1 heterocycles. The molecule has 0 fully saturated rings. The molecule has 1 aromatic rings. The molecule has 17 heteroatoms.